The molecule has 1 aliphatic heterocycles. The third kappa shape index (κ3) is 6.47. The maximum atomic E-state index is 13.8. The number of hydrogen-bond donors (Lipinski definition) is 3. The molecule has 2 heterocycles. The average Bonchev–Trinajstić information content (AvgIpc) is 2.89. The molecule has 0 aliphatic carbocycles. The van der Waals surface area contributed by atoms with Crippen molar-refractivity contribution in [2.45, 2.75) is 32.9 Å². The number of amides is 1. The van der Waals surface area contributed by atoms with Crippen molar-refractivity contribution in [2.24, 2.45) is 0 Å². The topological polar surface area (TPSA) is 91.4 Å². The fourth-order valence-corrected chi connectivity index (χ4v) is 4.14. The van der Waals surface area contributed by atoms with Gasteiger partial charge in [-0.05, 0) is 19.1 Å². The van der Waals surface area contributed by atoms with E-state index in [-0.39, 0.29) is 11.6 Å². The number of hydrogen-bond acceptors (Lipinski definition) is 7. The molecule has 1 saturated heterocycles. The lowest BCUT2D eigenvalue weighted by Gasteiger charge is -2.28. The number of halogens is 3. The largest absolute Gasteiger partial charge is 0.378 e. The Bertz CT molecular complexity index is 1240. The van der Waals surface area contributed by atoms with Crippen LogP contribution in [0.2, 0.25) is 0 Å². The molecule has 4 rings (SSSR count). The minimum Gasteiger partial charge on any atom is -0.378 e. The van der Waals surface area contributed by atoms with Crippen LogP contribution in [-0.4, -0.2) is 61.3 Å². The molecule has 1 aliphatic rings. The van der Waals surface area contributed by atoms with Crippen molar-refractivity contribution in [3.63, 3.8) is 0 Å². The quantitative estimate of drug-likeness (QED) is 0.295. The van der Waals surface area contributed by atoms with Crippen molar-refractivity contribution < 1.29 is 22.7 Å². The highest BCUT2D eigenvalue weighted by atomic mass is 19.2. The SMILES string of the molecule is CC(C)NCCNC(=O)c1cc(C(C)Nc2cc(F)c(F)c(F)c2)c2nc(N3CCOCC3)cnc2c1. The molecule has 3 N–H and O–H groups in total. The maximum Gasteiger partial charge on any atom is 0.251 e. The van der Waals surface area contributed by atoms with Crippen LogP contribution < -0.4 is 20.9 Å². The van der Waals surface area contributed by atoms with Gasteiger partial charge in [-0.25, -0.2) is 18.2 Å². The summed E-state index contributed by atoms with van der Waals surface area (Å²) in [6.07, 6.45) is 1.66. The number of benzene rings is 2. The highest BCUT2D eigenvalue weighted by molar-refractivity contribution is 5.98. The lowest BCUT2D eigenvalue weighted by atomic mass is 10.0. The van der Waals surface area contributed by atoms with Gasteiger partial charge in [0.2, 0.25) is 0 Å². The average molecular weight is 517 g/mol. The van der Waals surface area contributed by atoms with Crippen LogP contribution in [0.25, 0.3) is 11.0 Å². The third-order valence-corrected chi connectivity index (χ3v) is 6.06. The second kappa shape index (κ2) is 11.7. The molecule has 1 amide bonds. The summed E-state index contributed by atoms with van der Waals surface area (Å²) in [7, 11) is 0. The molecule has 1 fully saturated rings. The van der Waals surface area contributed by atoms with E-state index in [2.05, 4.69) is 25.8 Å². The van der Waals surface area contributed by atoms with Crippen LogP contribution in [0.15, 0.2) is 30.5 Å². The Kier molecular flexibility index (Phi) is 8.45. The number of anilines is 2. The summed E-state index contributed by atoms with van der Waals surface area (Å²) in [5.41, 5.74) is 2.10. The molecule has 0 bridgehead atoms. The van der Waals surface area contributed by atoms with E-state index >= 15 is 0 Å². The van der Waals surface area contributed by atoms with E-state index in [0.717, 1.165) is 12.1 Å². The Morgan fingerprint density at radius 2 is 1.76 bits per heavy atom. The van der Waals surface area contributed by atoms with Gasteiger partial charge >= 0.3 is 0 Å². The molecule has 0 radical (unpaired) electrons. The minimum atomic E-state index is -1.53. The normalized spacial score (nSPS) is 14.7. The van der Waals surface area contributed by atoms with Crippen molar-refractivity contribution >= 4 is 28.4 Å². The van der Waals surface area contributed by atoms with Gasteiger partial charge in [0.25, 0.3) is 5.91 Å². The number of nitrogens with zero attached hydrogens (tertiary/aromatic N) is 3. The number of morpholine rings is 1. The summed E-state index contributed by atoms with van der Waals surface area (Å²) in [6.45, 7) is 9.37. The van der Waals surface area contributed by atoms with Gasteiger partial charge in [-0.1, -0.05) is 13.8 Å². The van der Waals surface area contributed by atoms with Gasteiger partial charge in [0.15, 0.2) is 17.5 Å². The van der Waals surface area contributed by atoms with Crippen LogP contribution >= 0.6 is 0 Å². The summed E-state index contributed by atoms with van der Waals surface area (Å²) < 4.78 is 46.5. The summed E-state index contributed by atoms with van der Waals surface area (Å²) >= 11 is 0. The van der Waals surface area contributed by atoms with Crippen LogP contribution in [0, 0.1) is 17.5 Å². The Labute approximate surface area is 213 Å². The molecule has 11 heteroatoms. The predicted octanol–water partition coefficient (Wildman–Crippen LogP) is 3.78. The van der Waals surface area contributed by atoms with E-state index in [1.807, 2.05) is 13.8 Å². The summed E-state index contributed by atoms with van der Waals surface area (Å²) in [6, 6.07) is 4.90. The molecular formula is C26H31F3N6O2. The van der Waals surface area contributed by atoms with E-state index in [9.17, 15) is 18.0 Å². The third-order valence-electron chi connectivity index (χ3n) is 6.06. The van der Waals surface area contributed by atoms with Gasteiger partial charge < -0.3 is 25.6 Å². The van der Waals surface area contributed by atoms with Crippen LogP contribution in [0.1, 0.15) is 42.7 Å². The molecule has 1 aromatic heterocycles. The molecule has 2 aromatic carbocycles. The second-order valence-electron chi connectivity index (χ2n) is 9.25. The van der Waals surface area contributed by atoms with Crippen LogP contribution in [0.5, 0.6) is 0 Å². The first-order valence-corrected chi connectivity index (χ1v) is 12.3. The standard InChI is InChI=1S/C26H31F3N6O2/c1-15(2)30-4-5-31-26(36)17-10-19(16(3)33-18-12-20(27)24(29)21(28)13-18)25-22(11-17)32-14-23(34-25)35-6-8-37-9-7-35/h10-16,30,33H,4-9H2,1-3H3,(H,31,36). The van der Waals surface area contributed by atoms with Gasteiger partial charge in [-0.15, -0.1) is 0 Å². The predicted molar refractivity (Wildman–Crippen MR) is 136 cm³/mol. The molecule has 0 saturated carbocycles. The monoisotopic (exact) mass is 516 g/mol. The Balaban J connectivity index is 1.68. The number of fused-ring (bicyclic) bond motifs is 1. The maximum absolute atomic E-state index is 13.8. The number of nitrogens with one attached hydrogen (secondary N) is 3. The minimum absolute atomic E-state index is 0.0592. The van der Waals surface area contributed by atoms with Crippen LogP contribution in [-0.2, 0) is 4.74 Å². The van der Waals surface area contributed by atoms with Gasteiger partial charge in [0.05, 0.1) is 36.5 Å². The molecule has 37 heavy (non-hydrogen) atoms. The van der Waals surface area contributed by atoms with Crippen molar-refractivity contribution in [2.75, 3.05) is 49.6 Å². The first-order chi connectivity index (χ1) is 17.7. The van der Waals surface area contributed by atoms with Crippen molar-refractivity contribution in [1.82, 2.24) is 20.6 Å². The lowest BCUT2D eigenvalue weighted by Crippen LogP contribution is -2.36. The second-order valence-corrected chi connectivity index (χ2v) is 9.25. The molecule has 8 nitrogen and oxygen atoms in total. The number of rotatable bonds is 9. The van der Waals surface area contributed by atoms with E-state index in [0.29, 0.717) is 73.4 Å². The van der Waals surface area contributed by atoms with Gasteiger partial charge in [0, 0.05) is 61.2 Å². The summed E-state index contributed by atoms with van der Waals surface area (Å²) in [5.74, 6) is -3.73. The zero-order chi connectivity index (χ0) is 26.5. The highest BCUT2D eigenvalue weighted by Gasteiger charge is 2.20. The van der Waals surface area contributed by atoms with Gasteiger partial charge in [-0.2, -0.15) is 0 Å². The number of carbonyl (C=O) groups is 1. The number of carbonyl (C=O) groups excluding carboxylic acids is 1. The fraction of sp³-hybridized carbons (Fsp3) is 0.423. The fourth-order valence-electron chi connectivity index (χ4n) is 4.14. The number of aromatic nitrogens is 2. The summed E-state index contributed by atoms with van der Waals surface area (Å²) in [4.78, 5) is 24.4. The lowest BCUT2D eigenvalue weighted by molar-refractivity contribution is 0.0953. The molecule has 1 unspecified atom stereocenters. The van der Waals surface area contributed by atoms with Crippen molar-refractivity contribution in [1.29, 1.82) is 0 Å². The summed E-state index contributed by atoms with van der Waals surface area (Å²) in [5, 5.41) is 9.13. The van der Waals surface area contributed by atoms with E-state index in [1.165, 1.54) is 0 Å². The van der Waals surface area contributed by atoms with Crippen molar-refractivity contribution in [3.05, 3.63) is 59.0 Å². The first kappa shape index (κ1) is 26.6. The zero-order valence-corrected chi connectivity index (χ0v) is 21.1. The first-order valence-electron chi connectivity index (χ1n) is 12.3. The van der Waals surface area contributed by atoms with Crippen molar-refractivity contribution in [3.8, 4) is 0 Å². The van der Waals surface area contributed by atoms with Crippen LogP contribution in [0.4, 0.5) is 24.7 Å². The Morgan fingerprint density at radius 3 is 2.43 bits per heavy atom. The van der Waals surface area contributed by atoms with Gasteiger partial charge in [-0.3, -0.25) is 9.78 Å². The van der Waals surface area contributed by atoms with E-state index in [1.54, 1.807) is 25.3 Å². The van der Waals surface area contributed by atoms with Crippen LogP contribution in [0.3, 0.4) is 0 Å². The molecule has 0 spiro atoms. The zero-order valence-electron chi connectivity index (χ0n) is 21.1. The molecule has 3 aromatic rings. The molecular weight excluding hydrogens is 485 g/mol. The number of ether oxygens (including phenoxy) is 1. The Hall–Kier alpha value is -3.44. The molecule has 198 valence electrons. The van der Waals surface area contributed by atoms with Gasteiger partial charge in [0.1, 0.15) is 5.82 Å². The molecule has 1 atom stereocenters. The van der Waals surface area contributed by atoms with E-state index in [4.69, 9.17) is 9.72 Å². The smallest absolute Gasteiger partial charge is 0.251 e. The Morgan fingerprint density at radius 1 is 1.05 bits per heavy atom. The van der Waals surface area contributed by atoms with E-state index < -0.39 is 23.5 Å². The highest BCUT2D eigenvalue weighted by Crippen LogP contribution is 2.29.